The summed E-state index contributed by atoms with van der Waals surface area (Å²) in [4.78, 5) is 0. The third-order valence-electron chi connectivity index (χ3n) is 3.27. The van der Waals surface area contributed by atoms with Crippen molar-refractivity contribution in [2.24, 2.45) is 5.92 Å². The fourth-order valence-electron chi connectivity index (χ4n) is 1.90. The summed E-state index contributed by atoms with van der Waals surface area (Å²) >= 11 is 0. The van der Waals surface area contributed by atoms with E-state index in [4.69, 9.17) is 0 Å². The standard InChI is InChI=1S/C16H27NO/c1-11(2)10-17-13(5)16(18)15-8-6-14(7-9-15)12(3)4/h6-9,11-13,16-18H,10H2,1-5H3. The van der Waals surface area contributed by atoms with Gasteiger partial charge in [0.15, 0.2) is 0 Å². The fraction of sp³-hybridized carbons (Fsp3) is 0.625. The highest BCUT2D eigenvalue weighted by Gasteiger charge is 2.16. The van der Waals surface area contributed by atoms with Crippen LogP contribution >= 0.6 is 0 Å². The Labute approximate surface area is 111 Å². The molecule has 2 heteroatoms. The zero-order valence-electron chi connectivity index (χ0n) is 12.3. The van der Waals surface area contributed by atoms with Gasteiger partial charge in [-0.1, -0.05) is 52.0 Å². The molecule has 0 radical (unpaired) electrons. The number of rotatable bonds is 6. The van der Waals surface area contributed by atoms with Crippen LogP contribution in [0.2, 0.25) is 0 Å². The maximum Gasteiger partial charge on any atom is 0.0940 e. The van der Waals surface area contributed by atoms with Gasteiger partial charge in [0.05, 0.1) is 6.10 Å². The predicted molar refractivity (Wildman–Crippen MR) is 77.8 cm³/mol. The molecular weight excluding hydrogens is 222 g/mol. The first-order valence-corrected chi connectivity index (χ1v) is 6.93. The highest BCUT2D eigenvalue weighted by molar-refractivity contribution is 5.26. The first-order chi connectivity index (χ1) is 8.41. The van der Waals surface area contributed by atoms with Crippen molar-refractivity contribution in [2.45, 2.75) is 52.7 Å². The SMILES string of the molecule is CC(C)CNC(C)C(O)c1ccc(C(C)C)cc1. The van der Waals surface area contributed by atoms with E-state index in [0.717, 1.165) is 12.1 Å². The molecule has 18 heavy (non-hydrogen) atoms. The molecule has 0 aromatic heterocycles. The molecule has 0 amide bonds. The van der Waals surface area contributed by atoms with E-state index in [0.29, 0.717) is 11.8 Å². The highest BCUT2D eigenvalue weighted by Crippen LogP contribution is 2.20. The Morgan fingerprint density at radius 2 is 1.44 bits per heavy atom. The molecule has 2 unspecified atom stereocenters. The molecule has 0 aliphatic carbocycles. The van der Waals surface area contributed by atoms with Crippen molar-refractivity contribution in [1.82, 2.24) is 5.32 Å². The molecule has 2 atom stereocenters. The molecular formula is C16H27NO. The minimum absolute atomic E-state index is 0.0808. The topological polar surface area (TPSA) is 32.3 Å². The summed E-state index contributed by atoms with van der Waals surface area (Å²) in [7, 11) is 0. The lowest BCUT2D eigenvalue weighted by atomic mass is 9.97. The lowest BCUT2D eigenvalue weighted by Crippen LogP contribution is -2.34. The molecule has 2 nitrogen and oxygen atoms in total. The van der Waals surface area contributed by atoms with Crippen molar-refractivity contribution in [3.8, 4) is 0 Å². The highest BCUT2D eigenvalue weighted by atomic mass is 16.3. The third kappa shape index (κ3) is 4.43. The van der Waals surface area contributed by atoms with Gasteiger partial charge < -0.3 is 10.4 Å². The molecule has 0 aliphatic rings. The van der Waals surface area contributed by atoms with Crippen LogP contribution in [-0.4, -0.2) is 17.7 Å². The van der Waals surface area contributed by atoms with Crippen LogP contribution in [0.3, 0.4) is 0 Å². The van der Waals surface area contributed by atoms with Crippen molar-refractivity contribution < 1.29 is 5.11 Å². The van der Waals surface area contributed by atoms with E-state index in [1.54, 1.807) is 0 Å². The van der Waals surface area contributed by atoms with Gasteiger partial charge in [0.2, 0.25) is 0 Å². The number of benzene rings is 1. The Hall–Kier alpha value is -0.860. The molecule has 0 heterocycles. The molecule has 102 valence electrons. The van der Waals surface area contributed by atoms with Crippen LogP contribution < -0.4 is 5.32 Å². The Morgan fingerprint density at radius 1 is 0.944 bits per heavy atom. The number of aliphatic hydroxyl groups excluding tert-OH is 1. The molecule has 1 rings (SSSR count). The van der Waals surface area contributed by atoms with Crippen molar-refractivity contribution in [1.29, 1.82) is 0 Å². The van der Waals surface area contributed by atoms with Gasteiger partial charge in [0, 0.05) is 6.04 Å². The van der Waals surface area contributed by atoms with Crippen molar-refractivity contribution in [2.75, 3.05) is 6.54 Å². The Balaban J connectivity index is 2.62. The average molecular weight is 249 g/mol. The third-order valence-corrected chi connectivity index (χ3v) is 3.27. The summed E-state index contributed by atoms with van der Waals surface area (Å²) in [6, 6.07) is 8.37. The molecule has 0 saturated carbocycles. The van der Waals surface area contributed by atoms with Crippen LogP contribution in [0.1, 0.15) is 57.8 Å². The van der Waals surface area contributed by atoms with E-state index in [-0.39, 0.29) is 6.04 Å². The zero-order chi connectivity index (χ0) is 13.7. The van der Waals surface area contributed by atoms with Crippen molar-refractivity contribution in [3.05, 3.63) is 35.4 Å². The predicted octanol–water partition coefficient (Wildman–Crippen LogP) is 3.48. The molecule has 2 N–H and O–H groups in total. The van der Waals surface area contributed by atoms with Gasteiger partial charge in [-0.15, -0.1) is 0 Å². The van der Waals surface area contributed by atoms with Crippen LogP contribution in [0.15, 0.2) is 24.3 Å². The zero-order valence-corrected chi connectivity index (χ0v) is 12.3. The van der Waals surface area contributed by atoms with Gasteiger partial charge in [-0.3, -0.25) is 0 Å². The second kappa shape index (κ2) is 6.91. The number of aliphatic hydroxyl groups is 1. The van der Waals surface area contributed by atoms with Gasteiger partial charge >= 0.3 is 0 Å². The summed E-state index contributed by atoms with van der Waals surface area (Å²) in [6.07, 6.45) is -0.440. The van der Waals surface area contributed by atoms with Gasteiger partial charge in [-0.05, 0) is 36.4 Å². The summed E-state index contributed by atoms with van der Waals surface area (Å²) in [5.74, 6) is 1.13. The minimum atomic E-state index is -0.440. The van der Waals surface area contributed by atoms with Gasteiger partial charge in [-0.25, -0.2) is 0 Å². The molecule has 0 fully saturated rings. The first kappa shape index (κ1) is 15.2. The largest absolute Gasteiger partial charge is 0.387 e. The second-order valence-corrected chi connectivity index (χ2v) is 5.86. The van der Waals surface area contributed by atoms with Crippen LogP contribution in [0, 0.1) is 5.92 Å². The molecule has 0 spiro atoms. The Bertz CT molecular complexity index is 343. The molecule has 0 aliphatic heterocycles. The minimum Gasteiger partial charge on any atom is -0.387 e. The quantitative estimate of drug-likeness (QED) is 0.809. The Morgan fingerprint density at radius 3 is 1.89 bits per heavy atom. The van der Waals surface area contributed by atoms with E-state index in [1.807, 2.05) is 19.1 Å². The molecule has 0 saturated heterocycles. The normalized spacial score (nSPS) is 15.1. The van der Waals surface area contributed by atoms with Gasteiger partial charge in [0.25, 0.3) is 0 Å². The van der Waals surface area contributed by atoms with Crippen LogP contribution in [0.25, 0.3) is 0 Å². The van der Waals surface area contributed by atoms with Gasteiger partial charge in [-0.2, -0.15) is 0 Å². The summed E-state index contributed by atoms with van der Waals surface area (Å²) < 4.78 is 0. The van der Waals surface area contributed by atoms with E-state index in [1.165, 1.54) is 5.56 Å². The first-order valence-electron chi connectivity index (χ1n) is 6.93. The van der Waals surface area contributed by atoms with E-state index < -0.39 is 6.10 Å². The molecule has 1 aromatic carbocycles. The lowest BCUT2D eigenvalue weighted by molar-refractivity contribution is 0.134. The molecule has 1 aromatic rings. The Kier molecular flexibility index (Phi) is 5.83. The fourth-order valence-corrected chi connectivity index (χ4v) is 1.90. The maximum atomic E-state index is 10.3. The average Bonchev–Trinajstić information content (AvgIpc) is 2.35. The van der Waals surface area contributed by atoms with Gasteiger partial charge in [0.1, 0.15) is 0 Å². The van der Waals surface area contributed by atoms with E-state index in [2.05, 4.69) is 45.1 Å². The lowest BCUT2D eigenvalue weighted by Gasteiger charge is -2.22. The summed E-state index contributed by atoms with van der Waals surface area (Å²) in [5, 5.41) is 13.6. The number of hydrogen-bond acceptors (Lipinski definition) is 2. The number of hydrogen-bond donors (Lipinski definition) is 2. The van der Waals surface area contributed by atoms with E-state index >= 15 is 0 Å². The number of nitrogens with one attached hydrogen (secondary N) is 1. The van der Waals surface area contributed by atoms with Crippen molar-refractivity contribution in [3.63, 3.8) is 0 Å². The van der Waals surface area contributed by atoms with Crippen molar-refractivity contribution >= 4 is 0 Å². The van der Waals surface area contributed by atoms with Crippen LogP contribution in [0.4, 0.5) is 0 Å². The monoisotopic (exact) mass is 249 g/mol. The summed E-state index contributed by atoms with van der Waals surface area (Å²) in [5.41, 5.74) is 2.30. The van der Waals surface area contributed by atoms with Crippen LogP contribution in [-0.2, 0) is 0 Å². The summed E-state index contributed by atoms with van der Waals surface area (Å²) in [6.45, 7) is 11.7. The maximum absolute atomic E-state index is 10.3. The molecule has 0 bridgehead atoms. The van der Waals surface area contributed by atoms with E-state index in [9.17, 15) is 5.11 Å². The second-order valence-electron chi connectivity index (χ2n) is 5.86. The van der Waals surface area contributed by atoms with Crippen LogP contribution in [0.5, 0.6) is 0 Å². The smallest absolute Gasteiger partial charge is 0.0940 e.